The first-order valence-corrected chi connectivity index (χ1v) is 9.96. The van der Waals surface area contributed by atoms with Crippen LogP contribution < -0.4 is 9.80 Å². The number of thiocarbonyl (C=S) groups is 1. The number of nitrogens with zero attached hydrogens (tertiary/aromatic N) is 2. The lowest BCUT2D eigenvalue weighted by atomic mass is 10.2. The van der Waals surface area contributed by atoms with Gasteiger partial charge in [0, 0.05) is 17.0 Å². The SMILES string of the molecule is Cc1ccc(N2C(=O)C(=C3Sc4ccc(Cl)cc4N3C)SC2=S)cc1. The molecule has 2 aromatic carbocycles. The Kier molecular flexibility index (Phi) is 4.32. The van der Waals surface area contributed by atoms with Crippen molar-refractivity contribution >= 4 is 68.9 Å². The molecule has 0 bridgehead atoms. The fourth-order valence-electron chi connectivity index (χ4n) is 2.73. The van der Waals surface area contributed by atoms with Crippen molar-refractivity contribution in [2.24, 2.45) is 0 Å². The highest BCUT2D eigenvalue weighted by Gasteiger charge is 2.39. The summed E-state index contributed by atoms with van der Waals surface area (Å²) in [5.41, 5.74) is 2.95. The molecule has 0 spiro atoms. The molecule has 0 saturated carbocycles. The van der Waals surface area contributed by atoms with Crippen molar-refractivity contribution < 1.29 is 4.79 Å². The minimum absolute atomic E-state index is 0.0768. The van der Waals surface area contributed by atoms with Crippen molar-refractivity contribution in [3.63, 3.8) is 0 Å². The van der Waals surface area contributed by atoms with Crippen LogP contribution in [0.25, 0.3) is 0 Å². The van der Waals surface area contributed by atoms with Crippen LogP contribution in [0.1, 0.15) is 5.56 Å². The number of halogens is 1. The van der Waals surface area contributed by atoms with Gasteiger partial charge in [-0.15, -0.1) is 0 Å². The highest BCUT2D eigenvalue weighted by atomic mass is 35.5. The molecular formula is C18H13ClN2OS3. The Balaban J connectivity index is 1.73. The third-order valence-electron chi connectivity index (χ3n) is 4.05. The number of amides is 1. The summed E-state index contributed by atoms with van der Waals surface area (Å²) in [5, 5.41) is 1.57. The minimum atomic E-state index is -0.0768. The van der Waals surface area contributed by atoms with E-state index in [1.165, 1.54) is 11.8 Å². The first kappa shape index (κ1) is 17.0. The van der Waals surface area contributed by atoms with E-state index in [-0.39, 0.29) is 5.91 Å². The van der Waals surface area contributed by atoms with Crippen LogP contribution >= 0.6 is 47.3 Å². The lowest BCUT2D eigenvalue weighted by molar-refractivity contribution is -0.113. The summed E-state index contributed by atoms with van der Waals surface area (Å²) in [7, 11) is 1.95. The molecule has 2 heterocycles. The quantitative estimate of drug-likeness (QED) is 0.466. The van der Waals surface area contributed by atoms with Crippen LogP contribution in [-0.2, 0) is 4.79 Å². The summed E-state index contributed by atoms with van der Waals surface area (Å²) in [5.74, 6) is -0.0768. The molecule has 2 aliphatic rings. The van der Waals surface area contributed by atoms with Gasteiger partial charge in [0.2, 0.25) is 0 Å². The lowest BCUT2D eigenvalue weighted by Gasteiger charge is -2.16. The Morgan fingerprint density at radius 1 is 1.08 bits per heavy atom. The van der Waals surface area contributed by atoms with Crippen molar-refractivity contribution in [1.29, 1.82) is 0 Å². The van der Waals surface area contributed by atoms with E-state index < -0.39 is 0 Å². The van der Waals surface area contributed by atoms with Crippen molar-refractivity contribution in [3.05, 3.63) is 63.0 Å². The zero-order valence-corrected chi connectivity index (χ0v) is 16.7. The van der Waals surface area contributed by atoms with Crippen LogP contribution in [0.3, 0.4) is 0 Å². The molecule has 2 aliphatic heterocycles. The summed E-state index contributed by atoms with van der Waals surface area (Å²) in [6.07, 6.45) is 0. The molecule has 0 unspecified atom stereocenters. The molecular weight excluding hydrogens is 392 g/mol. The number of fused-ring (bicyclic) bond motifs is 1. The molecule has 0 N–H and O–H groups in total. The standard InChI is InChI=1S/C18H13ClN2OS3/c1-10-3-6-12(7-4-10)21-16(22)15(25-18(21)23)17-20(2)13-9-11(19)5-8-14(13)24-17/h3-9H,1-2H3. The van der Waals surface area contributed by atoms with Gasteiger partial charge in [-0.3, -0.25) is 9.69 Å². The Morgan fingerprint density at radius 3 is 2.52 bits per heavy atom. The average Bonchev–Trinajstić information content (AvgIpc) is 3.06. The fraction of sp³-hybridized carbons (Fsp3) is 0.111. The third-order valence-corrected chi connectivity index (χ3v) is 7.01. The van der Waals surface area contributed by atoms with E-state index in [4.69, 9.17) is 23.8 Å². The predicted molar refractivity (Wildman–Crippen MR) is 112 cm³/mol. The van der Waals surface area contributed by atoms with E-state index in [2.05, 4.69) is 0 Å². The number of carbonyl (C=O) groups is 1. The maximum absolute atomic E-state index is 13.0. The van der Waals surface area contributed by atoms with E-state index in [0.29, 0.717) is 14.2 Å². The predicted octanol–water partition coefficient (Wildman–Crippen LogP) is 5.42. The normalized spacial score (nSPS) is 19.8. The van der Waals surface area contributed by atoms with Gasteiger partial charge in [0.25, 0.3) is 5.91 Å². The van der Waals surface area contributed by atoms with Crippen molar-refractivity contribution in [3.8, 4) is 0 Å². The zero-order chi connectivity index (χ0) is 17.7. The van der Waals surface area contributed by atoms with Crippen molar-refractivity contribution in [2.75, 3.05) is 16.8 Å². The highest BCUT2D eigenvalue weighted by Crippen LogP contribution is 2.50. The van der Waals surface area contributed by atoms with Crippen LogP contribution in [0.15, 0.2) is 57.3 Å². The number of carbonyl (C=O) groups excluding carboxylic acids is 1. The summed E-state index contributed by atoms with van der Waals surface area (Å²) < 4.78 is 0.555. The van der Waals surface area contributed by atoms with Crippen molar-refractivity contribution in [2.45, 2.75) is 11.8 Å². The second-order valence-electron chi connectivity index (χ2n) is 5.75. The van der Waals surface area contributed by atoms with Crippen LogP contribution in [0.2, 0.25) is 5.02 Å². The molecule has 2 aromatic rings. The summed E-state index contributed by atoms with van der Waals surface area (Å²) in [6.45, 7) is 2.02. The van der Waals surface area contributed by atoms with E-state index in [1.807, 2.05) is 61.3 Å². The molecule has 25 heavy (non-hydrogen) atoms. The van der Waals surface area contributed by atoms with Gasteiger partial charge in [0.15, 0.2) is 4.32 Å². The summed E-state index contributed by atoms with van der Waals surface area (Å²) in [6, 6.07) is 13.6. The van der Waals surface area contributed by atoms with Crippen LogP contribution in [-0.4, -0.2) is 17.3 Å². The lowest BCUT2D eigenvalue weighted by Crippen LogP contribution is -2.28. The molecule has 0 aliphatic carbocycles. The van der Waals surface area contributed by atoms with Crippen LogP contribution in [0.5, 0.6) is 0 Å². The van der Waals surface area contributed by atoms with Gasteiger partial charge >= 0.3 is 0 Å². The second-order valence-corrected chi connectivity index (χ2v) is 8.86. The number of thioether (sulfide) groups is 2. The van der Waals surface area contributed by atoms with Gasteiger partial charge in [-0.25, -0.2) is 0 Å². The van der Waals surface area contributed by atoms with E-state index in [0.717, 1.165) is 26.9 Å². The topological polar surface area (TPSA) is 23.6 Å². The summed E-state index contributed by atoms with van der Waals surface area (Å²) in [4.78, 5) is 18.4. The van der Waals surface area contributed by atoms with Crippen molar-refractivity contribution in [1.82, 2.24) is 0 Å². The second kappa shape index (κ2) is 6.36. The Hall–Kier alpha value is -1.47. The Bertz CT molecular complexity index is 940. The average molecular weight is 405 g/mol. The first-order chi connectivity index (χ1) is 12.0. The molecule has 126 valence electrons. The van der Waals surface area contributed by atoms with Gasteiger partial charge in [0.1, 0.15) is 4.91 Å². The number of anilines is 2. The third kappa shape index (κ3) is 2.87. The number of hydrogen-bond acceptors (Lipinski definition) is 5. The van der Waals surface area contributed by atoms with Crippen LogP contribution in [0.4, 0.5) is 11.4 Å². The number of hydrogen-bond donors (Lipinski definition) is 0. The fourth-order valence-corrected chi connectivity index (χ4v) is 5.50. The molecule has 1 amide bonds. The van der Waals surface area contributed by atoms with Gasteiger partial charge in [-0.05, 0) is 37.3 Å². The van der Waals surface area contributed by atoms with Gasteiger partial charge in [0.05, 0.1) is 16.4 Å². The zero-order valence-electron chi connectivity index (χ0n) is 13.4. The molecule has 7 heteroatoms. The molecule has 0 radical (unpaired) electrons. The Labute approximate surface area is 165 Å². The largest absolute Gasteiger partial charge is 0.337 e. The number of aryl methyl sites for hydroxylation is 1. The van der Waals surface area contributed by atoms with Gasteiger partial charge < -0.3 is 4.90 Å². The Morgan fingerprint density at radius 2 is 1.80 bits per heavy atom. The van der Waals surface area contributed by atoms with E-state index >= 15 is 0 Å². The van der Waals surface area contributed by atoms with E-state index in [1.54, 1.807) is 16.7 Å². The molecule has 3 nitrogen and oxygen atoms in total. The maximum atomic E-state index is 13.0. The van der Waals surface area contributed by atoms with E-state index in [9.17, 15) is 4.79 Å². The first-order valence-electron chi connectivity index (χ1n) is 7.54. The number of benzene rings is 2. The maximum Gasteiger partial charge on any atom is 0.273 e. The molecule has 0 aromatic heterocycles. The smallest absolute Gasteiger partial charge is 0.273 e. The van der Waals surface area contributed by atoms with Gasteiger partial charge in [-0.2, -0.15) is 0 Å². The molecule has 1 fully saturated rings. The van der Waals surface area contributed by atoms with Gasteiger partial charge in [-0.1, -0.05) is 65.0 Å². The monoisotopic (exact) mass is 404 g/mol. The summed E-state index contributed by atoms with van der Waals surface area (Å²) >= 11 is 14.5. The molecule has 1 saturated heterocycles. The molecule has 4 rings (SSSR count). The highest BCUT2D eigenvalue weighted by molar-refractivity contribution is 8.27. The minimum Gasteiger partial charge on any atom is -0.337 e. The van der Waals surface area contributed by atoms with Crippen LogP contribution in [0, 0.1) is 6.92 Å². The molecule has 0 atom stereocenters. The number of rotatable bonds is 1.